The second kappa shape index (κ2) is 7.77. The van der Waals surface area contributed by atoms with Crippen LogP contribution in [0, 0.1) is 5.82 Å². The van der Waals surface area contributed by atoms with E-state index in [-0.39, 0.29) is 35.8 Å². The van der Waals surface area contributed by atoms with Gasteiger partial charge in [0.05, 0.1) is 11.1 Å². The number of nitrogens with one attached hydrogen (secondary N) is 1. The molecule has 0 spiro atoms. The zero-order valence-electron chi connectivity index (χ0n) is 14.4. The molecule has 1 aromatic heterocycles. The average Bonchev–Trinajstić information content (AvgIpc) is 3.10. The Bertz CT molecular complexity index is 908. The molecule has 1 amide bonds. The monoisotopic (exact) mass is 355 g/mol. The number of hydrogen-bond donors (Lipinski definition) is 1. The maximum absolute atomic E-state index is 13.9. The summed E-state index contributed by atoms with van der Waals surface area (Å²) in [7, 11) is 0. The van der Waals surface area contributed by atoms with Gasteiger partial charge in [-0.05, 0) is 38.1 Å². The molecular formula is C19H18FN3O3. The first kappa shape index (κ1) is 17.6. The van der Waals surface area contributed by atoms with Gasteiger partial charge in [0, 0.05) is 6.04 Å². The van der Waals surface area contributed by atoms with Gasteiger partial charge in [-0.1, -0.05) is 29.4 Å². The molecule has 0 atom stereocenters. The molecule has 0 aliphatic heterocycles. The highest BCUT2D eigenvalue weighted by atomic mass is 19.1. The summed E-state index contributed by atoms with van der Waals surface area (Å²) in [5, 5.41) is 6.66. The van der Waals surface area contributed by atoms with Gasteiger partial charge in [-0.15, -0.1) is 0 Å². The Morgan fingerprint density at radius 2 is 1.85 bits per heavy atom. The fourth-order valence-electron chi connectivity index (χ4n) is 2.36. The van der Waals surface area contributed by atoms with Crippen LogP contribution in [0.4, 0.5) is 4.39 Å². The van der Waals surface area contributed by atoms with Crippen molar-refractivity contribution in [3.05, 3.63) is 54.3 Å². The first-order valence-electron chi connectivity index (χ1n) is 8.15. The normalized spacial score (nSPS) is 10.8. The van der Waals surface area contributed by atoms with E-state index in [1.807, 2.05) is 13.8 Å². The molecule has 0 saturated carbocycles. The number of para-hydroxylation sites is 1. The summed E-state index contributed by atoms with van der Waals surface area (Å²) in [6.07, 6.45) is 0. The van der Waals surface area contributed by atoms with E-state index in [1.165, 1.54) is 6.07 Å². The lowest BCUT2D eigenvalue weighted by Crippen LogP contribution is -2.34. The molecule has 7 heteroatoms. The molecular weight excluding hydrogens is 337 g/mol. The van der Waals surface area contributed by atoms with E-state index in [4.69, 9.17) is 9.26 Å². The number of amides is 1. The lowest BCUT2D eigenvalue weighted by atomic mass is 10.2. The van der Waals surface area contributed by atoms with Gasteiger partial charge in [-0.2, -0.15) is 4.98 Å². The molecule has 0 bridgehead atoms. The van der Waals surface area contributed by atoms with Crippen LogP contribution in [0.15, 0.2) is 53.1 Å². The minimum absolute atomic E-state index is 0.0295. The molecule has 0 unspecified atom stereocenters. The number of benzene rings is 2. The van der Waals surface area contributed by atoms with E-state index >= 15 is 0 Å². The summed E-state index contributed by atoms with van der Waals surface area (Å²) in [5.74, 6) is 0.0911. The predicted octanol–water partition coefficient (Wildman–Crippen LogP) is 3.45. The summed E-state index contributed by atoms with van der Waals surface area (Å²) in [6.45, 7) is 3.61. The zero-order chi connectivity index (χ0) is 18.5. The second-order valence-electron chi connectivity index (χ2n) is 5.91. The number of halogens is 1. The van der Waals surface area contributed by atoms with Crippen LogP contribution in [0.3, 0.4) is 0 Å². The molecule has 2 aromatic carbocycles. The van der Waals surface area contributed by atoms with Crippen LogP contribution >= 0.6 is 0 Å². The zero-order valence-corrected chi connectivity index (χ0v) is 14.4. The van der Waals surface area contributed by atoms with Crippen molar-refractivity contribution in [2.75, 3.05) is 6.61 Å². The van der Waals surface area contributed by atoms with Gasteiger partial charge in [-0.3, -0.25) is 4.79 Å². The standard InChI is InChI=1S/C19H18FN3O3/c1-12(2)21-17(24)11-25-16-10-6-4-8-14(16)18-22-19(26-23-18)13-7-3-5-9-15(13)20/h3-10,12H,11H2,1-2H3,(H,21,24). The molecule has 0 aliphatic carbocycles. The Morgan fingerprint density at radius 1 is 1.15 bits per heavy atom. The van der Waals surface area contributed by atoms with Crippen molar-refractivity contribution in [2.45, 2.75) is 19.9 Å². The highest BCUT2D eigenvalue weighted by Gasteiger charge is 2.17. The lowest BCUT2D eigenvalue weighted by Gasteiger charge is -2.11. The Labute approximate surface area is 150 Å². The van der Waals surface area contributed by atoms with E-state index in [0.717, 1.165) is 0 Å². The molecule has 26 heavy (non-hydrogen) atoms. The van der Waals surface area contributed by atoms with E-state index in [1.54, 1.807) is 42.5 Å². The van der Waals surface area contributed by atoms with Crippen LogP contribution < -0.4 is 10.1 Å². The third-order valence-corrected chi connectivity index (χ3v) is 3.47. The molecule has 1 N–H and O–H groups in total. The lowest BCUT2D eigenvalue weighted by molar-refractivity contribution is -0.123. The number of ether oxygens (including phenoxy) is 1. The van der Waals surface area contributed by atoms with Gasteiger partial charge in [0.2, 0.25) is 5.82 Å². The van der Waals surface area contributed by atoms with Crippen molar-refractivity contribution in [3.8, 4) is 28.6 Å². The summed E-state index contributed by atoms with van der Waals surface area (Å²) in [5.41, 5.74) is 0.775. The van der Waals surface area contributed by atoms with Crippen molar-refractivity contribution >= 4 is 5.91 Å². The smallest absolute Gasteiger partial charge is 0.261 e. The van der Waals surface area contributed by atoms with Gasteiger partial charge in [0.25, 0.3) is 11.8 Å². The number of hydrogen-bond acceptors (Lipinski definition) is 5. The van der Waals surface area contributed by atoms with Crippen molar-refractivity contribution < 1.29 is 18.4 Å². The molecule has 0 fully saturated rings. The highest BCUT2D eigenvalue weighted by molar-refractivity contribution is 5.78. The maximum Gasteiger partial charge on any atom is 0.261 e. The Balaban J connectivity index is 1.82. The van der Waals surface area contributed by atoms with E-state index in [0.29, 0.717) is 11.3 Å². The first-order chi connectivity index (χ1) is 12.5. The van der Waals surface area contributed by atoms with Crippen molar-refractivity contribution in [1.82, 2.24) is 15.5 Å². The molecule has 0 saturated heterocycles. The molecule has 134 valence electrons. The van der Waals surface area contributed by atoms with Crippen LogP contribution in [-0.4, -0.2) is 28.7 Å². The fourth-order valence-corrected chi connectivity index (χ4v) is 2.36. The number of aromatic nitrogens is 2. The van der Waals surface area contributed by atoms with Gasteiger partial charge in [0.1, 0.15) is 11.6 Å². The SMILES string of the molecule is CC(C)NC(=O)COc1ccccc1-c1noc(-c2ccccc2F)n1. The van der Waals surface area contributed by atoms with Crippen molar-refractivity contribution in [3.63, 3.8) is 0 Å². The van der Waals surface area contributed by atoms with Crippen LogP contribution in [0.2, 0.25) is 0 Å². The first-order valence-corrected chi connectivity index (χ1v) is 8.15. The molecule has 0 radical (unpaired) electrons. The Morgan fingerprint density at radius 3 is 2.58 bits per heavy atom. The van der Waals surface area contributed by atoms with Crippen molar-refractivity contribution in [2.24, 2.45) is 0 Å². The van der Waals surface area contributed by atoms with E-state index in [9.17, 15) is 9.18 Å². The molecule has 6 nitrogen and oxygen atoms in total. The van der Waals surface area contributed by atoms with Crippen molar-refractivity contribution in [1.29, 1.82) is 0 Å². The number of nitrogens with zero attached hydrogens (tertiary/aromatic N) is 2. The molecule has 1 heterocycles. The third-order valence-electron chi connectivity index (χ3n) is 3.47. The quantitative estimate of drug-likeness (QED) is 0.733. The molecule has 0 aliphatic rings. The summed E-state index contributed by atoms with van der Waals surface area (Å²) in [6, 6.07) is 13.2. The summed E-state index contributed by atoms with van der Waals surface area (Å²) in [4.78, 5) is 16.0. The topological polar surface area (TPSA) is 77.2 Å². The minimum atomic E-state index is -0.447. The number of carbonyl (C=O) groups excluding carboxylic acids is 1. The fraction of sp³-hybridized carbons (Fsp3) is 0.211. The van der Waals surface area contributed by atoms with E-state index < -0.39 is 5.82 Å². The van der Waals surface area contributed by atoms with Gasteiger partial charge >= 0.3 is 0 Å². The third kappa shape index (κ3) is 4.05. The number of carbonyl (C=O) groups is 1. The molecule has 3 aromatic rings. The van der Waals surface area contributed by atoms with E-state index in [2.05, 4.69) is 15.5 Å². The summed E-state index contributed by atoms with van der Waals surface area (Å²) < 4.78 is 24.7. The van der Waals surface area contributed by atoms with Gasteiger partial charge in [0.15, 0.2) is 6.61 Å². The van der Waals surface area contributed by atoms with Crippen LogP contribution in [0.25, 0.3) is 22.8 Å². The molecule has 3 rings (SSSR count). The number of rotatable bonds is 6. The Hall–Kier alpha value is -3.22. The predicted molar refractivity (Wildman–Crippen MR) is 93.9 cm³/mol. The average molecular weight is 355 g/mol. The van der Waals surface area contributed by atoms with Gasteiger partial charge in [-0.25, -0.2) is 4.39 Å². The maximum atomic E-state index is 13.9. The largest absolute Gasteiger partial charge is 0.483 e. The summed E-state index contributed by atoms with van der Waals surface area (Å²) >= 11 is 0. The van der Waals surface area contributed by atoms with Crippen LogP contribution in [0.5, 0.6) is 5.75 Å². The minimum Gasteiger partial charge on any atom is -0.483 e. The van der Waals surface area contributed by atoms with Gasteiger partial charge < -0.3 is 14.6 Å². The van der Waals surface area contributed by atoms with Crippen LogP contribution in [-0.2, 0) is 4.79 Å². The highest BCUT2D eigenvalue weighted by Crippen LogP contribution is 2.30. The second-order valence-corrected chi connectivity index (χ2v) is 5.91. The Kier molecular flexibility index (Phi) is 5.26. The van der Waals surface area contributed by atoms with Crippen LogP contribution in [0.1, 0.15) is 13.8 Å².